The highest BCUT2D eigenvalue weighted by molar-refractivity contribution is 9.10. The molecule has 1 saturated carbocycles. The SMILES string of the molecule is O=C1C(NC2CC2)CCN1c1ccc(Br)c(Cl)c1Cl. The molecule has 1 heterocycles. The summed E-state index contributed by atoms with van der Waals surface area (Å²) in [6.07, 6.45) is 3.17. The van der Waals surface area contributed by atoms with E-state index in [4.69, 9.17) is 23.2 Å². The van der Waals surface area contributed by atoms with Gasteiger partial charge in [-0.25, -0.2) is 0 Å². The molecule has 1 aliphatic heterocycles. The van der Waals surface area contributed by atoms with Crippen LogP contribution in [0.2, 0.25) is 10.0 Å². The first-order chi connectivity index (χ1) is 9.08. The van der Waals surface area contributed by atoms with Gasteiger partial charge in [-0.3, -0.25) is 4.79 Å². The van der Waals surface area contributed by atoms with Crippen LogP contribution in [0.3, 0.4) is 0 Å². The smallest absolute Gasteiger partial charge is 0.244 e. The Hall–Kier alpha value is -0.290. The highest BCUT2D eigenvalue weighted by atomic mass is 79.9. The fraction of sp³-hybridized carbons (Fsp3) is 0.462. The Bertz CT molecular complexity index is 534. The third kappa shape index (κ3) is 2.64. The summed E-state index contributed by atoms with van der Waals surface area (Å²) in [5.74, 6) is 0.0900. The van der Waals surface area contributed by atoms with E-state index in [-0.39, 0.29) is 11.9 Å². The van der Waals surface area contributed by atoms with Crippen LogP contribution < -0.4 is 10.2 Å². The maximum absolute atomic E-state index is 12.4. The number of anilines is 1. The summed E-state index contributed by atoms with van der Waals surface area (Å²) in [7, 11) is 0. The number of halogens is 3. The predicted octanol–water partition coefficient (Wildman–Crippen LogP) is 3.61. The second-order valence-electron chi connectivity index (χ2n) is 4.97. The van der Waals surface area contributed by atoms with E-state index in [0.717, 1.165) is 10.9 Å². The largest absolute Gasteiger partial charge is 0.309 e. The summed E-state index contributed by atoms with van der Waals surface area (Å²) >= 11 is 15.7. The van der Waals surface area contributed by atoms with Crippen molar-refractivity contribution in [2.75, 3.05) is 11.4 Å². The van der Waals surface area contributed by atoms with Crippen molar-refractivity contribution in [3.8, 4) is 0 Å². The molecule has 0 radical (unpaired) electrons. The van der Waals surface area contributed by atoms with Crippen LogP contribution in [0.4, 0.5) is 5.69 Å². The van der Waals surface area contributed by atoms with E-state index < -0.39 is 0 Å². The average molecular weight is 364 g/mol. The Balaban J connectivity index is 1.83. The van der Waals surface area contributed by atoms with E-state index >= 15 is 0 Å². The number of amides is 1. The van der Waals surface area contributed by atoms with Gasteiger partial charge in [-0.1, -0.05) is 23.2 Å². The Morgan fingerprint density at radius 1 is 1.21 bits per heavy atom. The molecule has 1 N–H and O–H groups in total. The molecule has 0 aromatic heterocycles. The molecule has 2 aliphatic rings. The number of rotatable bonds is 3. The number of nitrogens with one attached hydrogen (secondary N) is 1. The van der Waals surface area contributed by atoms with Crippen LogP contribution in [0.15, 0.2) is 16.6 Å². The lowest BCUT2D eigenvalue weighted by atomic mass is 10.2. The van der Waals surface area contributed by atoms with Crippen LogP contribution in [0.25, 0.3) is 0 Å². The van der Waals surface area contributed by atoms with E-state index in [1.54, 1.807) is 4.90 Å². The van der Waals surface area contributed by atoms with Gasteiger partial charge in [-0.15, -0.1) is 0 Å². The number of nitrogens with zero attached hydrogens (tertiary/aromatic N) is 1. The van der Waals surface area contributed by atoms with E-state index in [2.05, 4.69) is 21.2 Å². The Morgan fingerprint density at radius 2 is 1.95 bits per heavy atom. The van der Waals surface area contributed by atoms with Gasteiger partial charge in [0.25, 0.3) is 0 Å². The van der Waals surface area contributed by atoms with E-state index in [0.29, 0.717) is 28.3 Å². The van der Waals surface area contributed by atoms with Crippen LogP contribution in [-0.2, 0) is 4.79 Å². The molecule has 2 fully saturated rings. The zero-order chi connectivity index (χ0) is 13.6. The van der Waals surface area contributed by atoms with E-state index in [9.17, 15) is 4.79 Å². The van der Waals surface area contributed by atoms with Crippen molar-refractivity contribution >= 4 is 50.7 Å². The average Bonchev–Trinajstić information content (AvgIpc) is 3.14. The molecule has 1 aliphatic carbocycles. The predicted molar refractivity (Wildman–Crippen MR) is 81.1 cm³/mol. The second-order valence-corrected chi connectivity index (χ2v) is 6.58. The van der Waals surface area contributed by atoms with Crippen molar-refractivity contribution in [2.24, 2.45) is 0 Å². The quantitative estimate of drug-likeness (QED) is 0.832. The zero-order valence-corrected chi connectivity index (χ0v) is 13.2. The summed E-state index contributed by atoms with van der Waals surface area (Å²) < 4.78 is 0.738. The van der Waals surface area contributed by atoms with Crippen molar-refractivity contribution < 1.29 is 4.79 Å². The van der Waals surface area contributed by atoms with Gasteiger partial charge in [0.05, 0.1) is 21.8 Å². The van der Waals surface area contributed by atoms with Crippen LogP contribution in [-0.4, -0.2) is 24.5 Å². The molecule has 3 nitrogen and oxygen atoms in total. The third-order valence-corrected chi connectivity index (χ3v) is 5.29. The Labute approximate surface area is 130 Å². The molecule has 1 saturated heterocycles. The molecule has 6 heteroatoms. The van der Waals surface area contributed by atoms with Gasteiger partial charge in [0, 0.05) is 17.1 Å². The van der Waals surface area contributed by atoms with Gasteiger partial charge in [0.15, 0.2) is 0 Å². The molecular formula is C13H13BrCl2N2O. The van der Waals surface area contributed by atoms with E-state index in [1.807, 2.05) is 12.1 Å². The van der Waals surface area contributed by atoms with Crippen molar-refractivity contribution in [2.45, 2.75) is 31.3 Å². The van der Waals surface area contributed by atoms with Gasteiger partial charge in [0.1, 0.15) is 0 Å². The number of carbonyl (C=O) groups is 1. The zero-order valence-electron chi connectivity index (χ0n) is 10.1. The third-order valence-electron chi connectivity index (χ3n) is 3.53. The first kappa shape index (κ1) is 13.7. The number of hydrogen-bond donors (Lipinski definition) is 1. The summed E-state index contributed by atoms with van der Waals surface area (Å²) in [5, 5.41) is 4.25. The van der Waals surface area contributed by atoms with Gasteiger partial charge in [0.2, 0.25) is 5.91 Å². The minimum atomic E-state index is -0.0778. The van der Waals surface area contributed by atoms with Crippen LogP contribution in [0, 0.1) is 0 Å². The molecule has 0 bridgehead atoms. The van der Waals surface area contributed by atoms with Gasteiger partial charge < -0.3 is 10.2 Å². The number of carbonyl (C=O) groups excluding carboxylic acids is 1. The van der Waals surface area contributed by atoms with Crippen molar-refractivity contribution in [1.82, 2.24) is 5.32 Å². The van der Waals surface area contributed by atoms with Crippen molar-refractivity contribution in [1.29, 1.82) is 0 Å². The summed E-state index contributed by atoms with van der Waals surface area (Å²) in [6, 6.07) is 4.10. The molecule has 3 rings (SSSR count). The Morgan fingerprint density at radius 3 is 2.63 bits per heavy atom. The first-order valence-corrected chi connectivity index (χ1v) is 7.83. The van der Waals surface area contributed by atoms with Crippen molar-refractivity contribution in [3.05, 3.63) is 26.7 Å². The summed E-state index contributed by atoms with van der Waals surface area (Å²) in [5.41, 5.74) is 0.694. The van der Waals surface area contributed by atoms with Crippen molar-refractivity contribution in [3.63, 3.8) is 0 Å². The number of hydrogen-bond acceptors (Lipinski definition) is 2. The summed E-state index contributed by atoms with van der Waals surface area (Å²) in [6.45, 7) is 0.681. The molecular weight excluding hydrogens is 351 g/mol. The lowest BCUT2D eigenvalue weighted by molar-refractivity contribution is -0.118. The van der Waals surface area contributed by atoms with Crippen LogP contribution >= 0.6 is 39.1 Å². The normalized spacial score (nSPS) is 23.2. The standard InChI is InChI=1S/C13H13BrCl2N2O/c14-8-3-4-10(12(16)11(8)15)18-6-5-9(13(18)19)17-7-1-2-7/h3-4,7,9,17H,1-2,5-6H2. The van der Waals surface area contributed by atoms with Crippen LogP contribution in [0.5, 0.6) is 0 Å². The molecule has 1 amide bonds. The minimum absolute atomic E-state index is 0.0778. The molecule has 1 atom stereocenters. The fourth-order valence-corrected chi connectivity index (χ4v) is 3.20. The maximum atomic E-state index is 12.4. The molecule has 1 aromatic rings. The molecule has 1 aromatic carbocycles. The lowest BCUT2D eigenvalue weighted by Gasteiger charge is -2.19. The van der Waals surface area contributed by atoms with Gasteiger partial charge in [-0.2, -0.15) is 0 Å². The van der Waals surface area contributed by atoms with E-state index in [1.165, 1.54) is 12.8 Å². The second kappa shape index (κ2) is 5.24. The van der Waals surface area contributed by atoms with Crippen LogP contribution in [0.1, 0.15) is 19.3 Å². The van der Waals surface area contributed by atoms with Gasteiger partial charge in [-0.05, 0) is 47.3 Å². The molecule has 1 unspecified atom stereocenters. The topological polar surface area (TPSA) is 32.3 Å². The summed E-state index contributed by atoms with van der Waals surface area (Å²) in [4.78, 5) is 14.1. The highest BCUT2D eigenvalue weighted by Gasteiger charge is 2.37. The highest BCUT2D eigenvalue weighted by Crippen LogP contribution is 2.39. The maximum Gasteiger partial charge on any atom is 0.244 e. The van der Waals surface area contributed by atoms with Gasteiger partial charge >= 0.3 is 0 Å². The number of benzene rings is 1. The molecule has 19 heavy (non-hydrogen) atoms. The fourth-order valence-electron chi connectivity index (χ4n) is 2.33. The minimum Gasteiger partial charge on any atom is -0.309 e. The molecule has 102 valence electrons. The first-order valence-electron chi connectivity index (χ1n) is 6.29. The monoisotopic (exact) mass is 362 g/mol. The lowest BCUT2D eigenvalue weighted by Crippen LogP contribution is -2.39. The molecule has 0 spiro atoms. The Kier molecular flexibility index (Phi) is 3.78.